The Hall–Kier alpha value is -0.610. The molecule has 13 heavy (non-hydrogen) atoms. The number of rotatable bonds is 9. The monoisotopic (exact) mass is 189 g/mol. The molecular weight excluding hydrogens is 170 g/mol. The van der Waals surface area contributed by atoms with Crippen molar-refractivity contribution in [2.75, 3.05) is 26.4 Å². The van der Waals surface area contributed by atoms with E-state index < -0.39 is 0 Å². The van der Waals surface area contributed by atoms with E-state index in [1.165, 1.54) is 0 Å². The van der Waals surface area contributed by atoms with E-state index in [-0.39, 0.29) is 5.91 Å². The quantitative estimate of drug-likeness (QED) is 0.543. The average Bonchev–Trinajstić information content (AvgIpc) is 2.09. The van der Waals surface area contributed by atoms with E-state index in [1.54, 1.807) is 0 Å². The number of ether oxygens (including phenoxy) is 2. The van der Waals surface area contributed by atoms with E-state index in [4.69, 9.17) is 15.2 Å². The topological polar surface area (TPSA) is 61.6 Å². The number of nitrogens with two attached hydrogens (primary N) is 1. The molecule has 0 aromatic heterocycles. The first-order chi connectivity index (χ1) is 6.27. The number of amides is 1. The molecule has 0 bridgehead atoms. The van der Waals surface area contributed by atoms with Gasteiger partial charge in [-0.3, -0.25) is 4.79 Å². The Morgan fingerprint density at radius 3 is 2.31 bits per heavy atom. The maximum Gasteiger partial charge on any atom is 0.219 e. The third-order valence-electron chi connectivity index (χ3n) is 1.42. The molecule has 0 aliphatic rings. The Morgan fingerprint density at radius 1 is 1.15 bits per heavy atom. The molecule has 0 spiro atoms. The van der Waals surface area contributed by atoms with Crippen LogP contribution in [0.1, 0.15) is 26.2 Å². The van der Waals surface area contributed by atoms with Crippen molar-refractivity contribution < 1.29 is 14.3 Å². The summed E-state index contributed by atoms with van der Waals surface area (Å²) in [5, 5.41) is 0. The Kier molecular flexibility index (Phi) is 9.03. The van der Waals surface area contributed by atoms with E-state index >= 15 is 0 Å². The van der Waals surface area contributed by atoms with Crippen molar-refractivity contribution in [3.05, 3.63) is 0 Å². The van der Waals surface area contributed by atoms with Crippen molar-refractivity contribution >= 4 is 5.91 Å². The standard InChI is InChI=1S/C9H19NO3/c1-2-5-12-6-3-7-13-8-4-9(10)11/h2-8H2,1H3,(H2,10,11). The predicted octanol–water partition coefficient (Wildman–Crippen LogP) is 0.695. The van der Waals surface area contributed by atoms with Crippen LogP contribution in [0.2, 0.25) is 0 Å². The Labute approximate surface area is 79.4 Å². The molecule has 4 heteroatoms. The van der Waals surface area contributed by atoms with Crippen LogP contribution in [0.3, 0.4) is 0 Å². The third-order valence-corrected chi connectivity index (χ3v) is 1.42. The molecule has 0 rings (SSSR count). The highest BCUT2D eigenvalue weighted by Gasteiger charge is 1.93. The van der Waals surface area contributed by atoms with E-state index in [2.05, 4.69) is 6.92 Å². The van der Waals surface area contributed by atoms with Gasteiger partial charge in [0.05, 0.1) is 6.61 Å². The van der Waals surface area contributed by atoms with Crippen LogP contribution in [0.4, 0.5) is 0 Å². The summed E-state index contributed by atoms with van der Waals surface area (Å²) in [6.07, 6.45) is 2.22. The Morgan fingerprint density at radius 2 is 1.77 bits per heavy atom. The van der Waals surface area contributed by atoms with E-state index in [9.17, 15) is 4.79 Å². The SMILES string of the molecule is CCCOCCCOCCC(N)=O. The van der Waals surface area contributed by atoms with Crippen molar-refractivity contribution in [1.29, 1.82) is 0 Å². The zero-order chi connectivity index (χ0) is 9.94. The zero-order valence-electron chi connectivity index (χ0n) is 8.25. The van der Waals surface area contributed by atoms with Gasteiger partial charge in [0.15, 0.2) is 0 Å². The molecule has 0 aliphatic carbocycles. The fourth-order valence-corrected chi connectivity index (χ4v) is 0.784. The number of hydrogen-bond donors (Lipinski definition) is 1. The largest absolute Gasteiger partial charge is 0.381 e. The molecule has 0 atom stereocenters. The summed E-state index contributed by atoms with van der Waals surface area (Å²) in [5.41, 5.74) is 4.93. The molecule has 4 nitrogen and oxygen atoms in total. The molecular formula is C9H19NO3. The number of primary amides is 1. The lowest BCUT2D eigenvalue weighted by Crippen LogP contribution is -2.14. The number of hydrogen-bond acceptors (Lipinski definition) is 3. The molecule has 0 heterocycles. The van der Waals surface area contributed by atoms with Gasteiger partial charge in [-0.1, -0.05) is 6.92 Å². The number of carbonyl (C=O) groups is 1. The summed E-state index contributed by atoms with van der Waals surface area (Å²) in [5.74, 6) is -0.317. The fourth-order valence-electron chi connectivity index (χ4n) is 0.784. The van der Waals surface area contributed by atoms with Crippen molar-refractivity contribution in [3.63, 3.8) is 0 Å². The normalized spacial score (nSPS) is 10.2. The molecule has 78 valence electrons. The highest BCUT2D eigenvalue weighted by Crippen LogP contribution is 1.88. The van der Waals surface area contributed by atoms with Crippen LogP contribution in [0.15, 0.2) is 0 Å². The fraction of sp³-hybridized carbons (Fsp3) is 0.889. The average molecular weight is 189 g/mol. The molecule has 0 saturated carbocycles. The highest BCUT2D eigenvalue weighted by molar-refractivity contribution is 5.73. The van der Waals surface area contributed by atoms with Gasteiger partial charge in [0, 0.05) is 26.2 Å². The van der Waals surface area contributed by atoms with Crippen molar-refractivity contribution in [2.45, 2.75) is 26.2 Å². The van der Waals surface area contributed by atoms with Gasteiger partial charge in [-0.15, -0.1) is 0 Å². The Balaban J connectivity index is 2.87. The molecule has 0 fully saturated rings. The molecule has 2 N–H and O–H groups in total. The Bertz CT molecular complexity index is 128. The van der Waals surface area contributed by atoms with Gasteiger partial charge < -0.3 is 15.2 Å². The molecule has 0 saturated heterocycles. The van der Waals surface area contributed by atoms with Gasteiger partial charge in [0.2, 0.25) is 5.91 Å². The van der Waals surface area contributed by atoms with Gasteiger partial charge in [0.25, 0.3) is 0 Å². The van der Waals surface area contributed by atoms with E-state index in [0.29, 0.717) is 19.6 Å². The summed E-state index contributed by atoms with van der Waals surface area (Å²) < 4.78 is 10.4. The van der Waals surface area contributed by atoms with Crippen LogP contribution < -0.4 is 5.73 Å². The maximum absolute atomic E-state index is 10.3. The lowest BCUT2D eigenvalue weighted by molar-refractivity contribution is -0.119. The first-order valence-corrected chi connectivity index (χ1v) is 4.71. The van der Waals surface area contributed by atoms with Crippen LogP contribution >= 0.6 is 0 Å². The predicted molar refractivity (Wildman–Crippen MR) is 50.4 cm³/mol. The summed E-state index contributed by atoms with van der Waals surface area (Å²) in [7, 11) is 0. The van der Waals surface area contributed by atoms with Crippen molar-refractivity contribution in [2.24, 2.45) is 5.73 Å². The zero-order valence-corrected chi connectivity index (χ0v) is 8.25. The summed E-state index contributed by atoms with van der Waals surface area (Å²) in [6, 6.07) is 0. The van der Waals surface area contributed by atoms with Crippen LogP contribution in [0.5, 0.6) is 0 Å². The van der Waals surface area contributed by atoms with Gasteiger partial charge >= 0.3 is 0 Å². The molecule has 0 radical (unpaired) electrons. The summed E-state index contributed by atoms with van der Waals surface area (Å²) in [4.78, 5) is 10.3. The summed E-state index contributed by atoms with van der Waals surface area (Å²) in [6.45, 7) is 4.66. The molecule has 1 amide bonds. The van der Waals surface area contributed by atoms with Crippen LogP contribution in [-0.4, -0.2) is 32.3 Å². The van der Waals surface area contributed by atoms with Crippen LogP contribution in [0, 0.1) is 0 Å². The highest BCUT2D eigenvalue weighted by atomic mass is 16.5. The lowest BCUT2D eigenvalue weighted by atomic mass is 10.4. The molecule has 0 unspecified atom stereocenters. The molecule has 0 aromatic rings. The van der Waals surface area contributed by atoms with E-state index in [1.807, 2.05) is 0 Å². The second-order valence-electron chi connectivity index (χ2n) is 2.79. The van der Waals surface area contributed by atoms with E-state index in [0.717, 1.165) is 26.1 Å². The second kappa shape index (κ2) is 9.48. The summed E-state index contributed by atoms with van der Waals surface area (Å²) >= 11 is 0. The minimum atomic E-state index is -0.317. The first-order valence-electron chi connectivity index (χ1n) is 4.71. The second-order valence-corrected chi connectivity index (χ2v) is 2.79. The lowest BCUT2D eigenvalue weighted by Gasteiger charge is -2.03. The van der Waals surface area contributed by atoms with Crippen molar-refractivity contribution in [3.8, 4) is 0 Å². The number of carbonyl (C=O) groups excluding carboxylic acids is 1. The van der Waals surface area contributed by atoms with Gasteiger partial charge in [0.1, 0.15) is 0 Å². The first kappa shape index (κ1) is 12.4. The van der Waals surface area contributed by atoms with Crippen molar-refractivity contribution in [1.82, 2.24) is 0 Å². The van der Waals surface area contributed by atoms with Gasteiger partial charge in [-0.05, 0) is 12.8 Å². The van der Waals surface area contributed by atoms with Gasteiger partial charge in [-0.25, -0.2) is 0 Å². The minimum Gasteiger partial charge on any atom is -0.381 e. The molecule has 0 aromatic carbocycles. The smallest absolute Gasteiger partial charge is 0.219 e. The van der Waals surface area contributed by atoms with Gasteiger partial charge in [-0.2, -0.15) is 0 Å². The minimum absolute atomic E-state index is 0.301. The molecule has 0 aliphatic heterocycles. The van der Waals surface area contributed by atoms with Crippen LogP contribution in [0.25, 0.3) is 0 Å². The third kappa shape index (κ3) is 11.4. The maximum atomic E-state index is 10.3. The van der Waals surface area contributed by atoms with Crippen LogP contribution in [-0.2, 0) is 14.3 Å².